The van der Waals surface area contributed by atoms with E-state index in [1.807, 2.05) is 13.8 Å². The van der Waals surface area contributed by atoms with Crippen LogP contribution in [-0.4, -0.2) is 12.6 Å². The third-order valence-corrected chi connectivity index (χ3v) is 3.63. The lowest BCUT2D eigenvalue weighted by Crippen LogP contribution is -2.07. The van der Waals surface area contributed by atoms with Gasteiger partial charge in [-0.05, 0) is 45.4 Å². The number of hydrogen-bond donors (Lipinski definition) is 0. The monoisotopic (exact) mass is 224 g/mol. The first-order valence-electron chi connectivity index (χ1n) is 6.54. The van der Waals surface area contributed by atoms with Crippen molar-refractivity contribution in [3.63, 3.8) is 0 Å². The first kappa shape index (κ1) is 13.3. The van der Waals surface area contributed by atoms with E-state index in [1.54, 1.807) is 0 Å². The van der Waals surface area contributed by atoms with E-state index in [0.29, 0.717) is 6.61 Å². The summed E-state index contributed by atoms with van der Waals surface area (Å²) in [7, 11) is 0. The van der Waals surface area contributed by atoms with Crippen molar-refractivity contribution in [3.8, 4) is 0 Å². The van der Waals surface area contributed by atoms with E-state index in [9.17, 15) is 4.79 Å². The topological polar surface area (TPSA) is 26.3 Å². The molecule has 0 aromatic rings. The van der Waals surface area contributed by atoms with Gasteiger partial charge in [-0.3, -0.25) is 0 Å². The molecule has 0 aromatic heterocycles. The summed E-state index contributed by atoms with van der Waals surface area (Å²) in [6, 6.07) is 0. The fourth-order valence-corrected chi connectivity index (χ4v) is 2.42. The Morgan fingerprint density at radius 3 is 2.69 bits per heavy atom. The minimum absolute atomic E-state index is 0.118. The molecule has 0 spiro atoms. The zero-order valence-electron chi connectivity index (χ0n) is 10.8. The lowest BCUT2D eigenvalue weighted by Gasteiger charge is -2.10. The van der Waals surface area contributed by atoms with E-state index in [0.717, 1.165) is 24.3 Å². The average molecular weight is 224 g/mol. The third-order valence-electron chi connectivity index (χ3n) is 3.63. The van der Waals surface area contributed by atoms with Gasteiger partial charge in [0.25, 0.3) is 0 Å². The van der Waals surface area contributed by atoms with Gasteiger partial charge in [-0.25, -0.2) is 4.79 Å². The predicted molar refractivity (Wildman–Crippen MR) is 66.2 cm³/mol. The molecule has 1 atom stereocenters. The summed E-state index contributed by atoms with van der Waals surface area (Å²) in [5.74, 6) is 0.736. The number of carbonyl (C=O) groups is 1. The molecule has 92 valence electrons. The van der Waals surface area contributed by atoms with Crippen LogP contribution in [0.5, 0.6) is 0 Å². The molecule has 0 aromatic carbocycles. The van der Waals surface area contributed by atoms with Crippen molar-refractivity contribution < 1.29 is 9.53 Å². The van der Waals surface area contributed by atoms with Gasteiger partial charge in [0, 0.05) is 5.57 Å². The number of rotatable bonds is 3. The lowest BCUT2D eigenvalue weighted by molar-refractivity contribution is -0.138. The van der Waals surface area contributed by atoms with Crippen LogP contribution in [0.15, 0.2) is 11.1 Å². The quantitative estimate of drug-likeness (QED) is 0.413. The van der Waals surface area contributed by atoms with Crippen LogP contribution < -0.4 is 0 Å². The zero-order valence-corrected chi connectivity index (χ0v) is 10.8. The van der Waals surface area contributed by atoms with Crippen LogP contribution >= 0.6 is 0 Å². The van der Waals surface area contributed by atoms with Crippen molar-refractivity contribution in [2.75, 3.05) is 6.61 Å². The van der Waals surface area contributed by atoms with Gasteiger partial charge in [-0.15, -0.1) is 0 Å². The third kappa shape index (κ3) is 3.66. The molecule has 0 saturated heterocycles. The number of esters is 1. The van der Waals surface area contributed by atoms with Crippen molar-refractivity contribution in [2.24, 2.45) is 5.92 Å². The Labute approximate surface area is 99.1 Å². The predicted octanol–water partition coefficient (Wildman–Crippen LogP) is 3.86. The van der Waals surface area contributed by atoms with E-state index >= 15 is 0 Å². The zero-order chi connectivity index (χ0) is 12.0. The average Bonchev–Trinajstić information content (AvgIpc) is 2.53. The number of carbonyl (C=O) groups excluding carboxylic acids is 1. The summed E-state index contributed by atoms with van der Waals surface area (Å²) >= 11 is 0. The van der Waals surface area contributed by atoms with Crippen LogP contribution in [0.25, 0.3) is 0 Å². The summed E-state index contributed by atoms with van der Waals surface area (Å²) in [4.78, 5) is 11.6. The first-order valence-corrected chi connectivity index (χ1v) is 6.54. The molecule has 1 aliphatic carbocycles. The fourth-order valence-electron chi connectivity index (χ4n) is 2.42. The molecule has 0 aliphatic heterocycles. The molecule has 0 radical (unpaired) electrons. The summed E-state index contributed by atoms with van der Waals surface area (Å²) in [5.41, 5.74) is 2.19. The van der Waals surface area contributed by atoms with Gasteiger partial charge in [0.2, 0.25) is 0 Å². The molecule has 2 nitrogen and oxygen atoms in total. The number of allylic oxidation sites excluding steroid dienone is 1. The second-order valence-electron chi connectivity index (χ2n) is 4.65. The molecule has 0 amide bonds. The second-order valence-corrected chi connectivity index (χ2v) is 4.65. The molecule has 0 heterocycles. The molecule has 2 heteroatoms. The Kier molecular flexibility index (Phi) is 5.58. The van der Waals surface area contributed by atoms with Gasteiger partial charge in [-0.2, -0.15) is 0 Å². The Hall–Kier alpha value is -0.790. The lowest BCUT2D eigenvalue weighted by atomic mass is 9.97. The van der Waals surface area contributed by atoms with E-state index in [2.05, 4.69) is 6.92 Å². The van der Waals surface area contributed by atoms with E-state index in [-0.39, 0.29) is 5.97 Å². The molecule has 1 aliphatic rings. The van der Waals surface area contributed by atoms with Crippen molar-refractivity contribution in [1.29, 1.82) is 0 Å². The maximum Gasteiger partial charge on any atom is 0.333 e. The summed E-state index contributed by atoms with van der Waals surface area (Å²) < 4.78 is 5.05. The second kappa shape index (κ2) is 6.72. The maximum absolute atomic E-state index is 11.6. The minimum Gasteiger partial charge on any atom is -0.463 e. The van der Waals surface area contributed by atoms with Crippen LogP contribution in [0.4, 0.5) is 0 Å². The summed E-state index contributed by atoms with van der Waals surface area (Å²) in [5, 5.41) is 0. The Morgan fingerprint density at radius 1 is 1.31 bits per heavy atom. The van der Waals surface area contributed by atoms with Crippen molar-refractivity contribution in [1.82, 2.24) is 0 Å². The Balaban J connectivity index is 2.64. The highest BCUT2D eigenvalue weighted by Gasteiger charge is 2.17. The normalized spacial score (nSPS) is 24.8. The maximum atomic E-state index is 11.6. The van der Waals surface area contributed by atoms with Crippen molar-refractivity contribution >= 4 is 5.97 Å². The Morgan fingerprint density at radius 2 is 2.06 bits per heavy atom. The van der Waals surface area contributed by atoms with Gasteiger partial charge < -0.3 is 4.74 Å². The molecule has 1 saturated carbocycles. The standard InChI is InChI=1S/C14H24O2/c1-4-12-7-6-8-13(10-9-12)11(3)14(15)16-5-2/h12H,4-10H2,1-3H3. The fraction of sp³-hybridized carbons (Fsp3) is 0.786. The smallest absolute Gasteiger partial charge is 0.333 e. The molecule has 16 heavy (non-hydrogen) atoms. The van der Waals surface area contributed by atoms with Crippen LogP contribution in [0, 0.1) is 5.92 Å². The SMILES string of the molecule is CCOC(=O)C(C)=C1CCCC(CC)CC1. The minimum atomic E-state index is -0.118. The number of hydrogen-bond acceptors (Lipinski definition) is 2. The van der Waals surface area contributed by atoms with Crippen LogP contribution in [-0.2, 0) is 9.53 Å². The van der Waals surface area contributed by atoms with Crippen molar-refractivity contribution in [2.45, 2.75) is 59.3 Å². The summed E-state index contributed by atoms with van der Waals surface area (Å²) in [6.07, 6.45) is 7.22. The van der Waals surface area contributed by atoms with Crippen LogP contribution in [0.1, 0.15) is 59.3 Å². The molecule has 1 rings (SSSR count). The van der Waals surface area contributed by atoms with E-state index < -0.39 is 0 Å². The molecule has 0 N–H and O–H groups in total. The van der Waals surface area contributed by atoms with Crippen LogP contribution in [0.2, 0.25) is 0 Å². The molecular formula is C14H24O2. The van der Waals surface area contributed by atoms with Gasteiger partial charge in [0.1, 0.15) is 0 Å². The largest absolute Gasteiger partial charge is 0.463 e. The number of ether oxygens (including phenoxy) is 1. The highest BCUT2D eigenvalue weighted by molar-refractivity contribution is 5.88. The first-order chi connectivity index (χ1) is 7.69. The van der Waals surface area contributed by atoms with E-state index in [1.165, 1.54) is 31.3 Å². The van der Waals surface area contributed by atoms with Crippen LogP contribution in [0.3, 0.4) is 0 Å². The molecule has 0 bridgehead atoms. The molecular weight excluding hydrogens is 200 g/mol. The van der Waals surface area contributed by atoms with Crippen molar-refractivity contribution in [3.05, 3.63) is 11.1 Å². The Bertz CT molecular complexity index is 266. The molecule has 1 unspecified atom stereocenters. The van der Waals surface area contributed by atoms with Gasteiger partial charge in [0.15, 0.2) is 0 Å². The van der Waals surface area contributed by atoms with E-state index in [4.69, 9.17) is 4.74 Å². The van der Waals surface area contributed by atoms with Gasteiger partial charge >= 0.3 is 5.97 Å². The van der Waals surface area contributed by atoms with Gasteiger partial charge in [-0.1, -0.05) is 25.3 Å². The summed E-state index contributed by atoms with van der Waals surface area (Å²) in [6.45, 7) is 6.51. The van der Waals surface area contributed by atoms with Gasteiger partial charge in [0.05, 0.1) is 6.61 Å². The highest BCUT2D eigenvalue weighted by Crippen LogP contribution is 2.30. The molecule has 1 fully saturated rings. The highest BCUT2D eigenvalue weighted by atomic mass is 16.5.